The Morgan fingerprint density at radius 3 is 1.56 bits per heavy atom. The number of hydrogen-bond donors (Lipinski definition) is 0. The first-order chi connectivity index (χ1) is 15.7. The Kier molecular flexibility index (Phi) is 26.0. The van der Waals surface area contributed by atoms with Gasteiger partial charge in [-0.2, -0.15) is 0 Å². The molecule has 6 heteroatoms. The number of carbonyl (C=O) groups excluding carboxylic acids is 1. The molecule has 0 aliphatic rings. The van der Waals surface area contributed by atoms with E-state index in [1.165, 1.54) is 51.4 Å². The molecular formula is C26H52O6. The third-order valence-electron chi connectivity index (χ3n) is 5.22. The van der Waals surface area contributed by atoms with Crippen LogP contribution < -0.4 is 0 Å². The van der Waals surface area contributed by atoms with Gasteiger partial charge in [0.1, 0.15) is 0 Å². The maximum atomic E-state index is 11.8. The van der Waals surface area contributed by atoms with Gasteiger partial charge in [-0.05, 0) is 32.6 Å². The Morgan fingerprint density at radius 2 is 1.00 bits per heavy atom. The summed E-state index contributed by atoms with van der Waals surface area (Å²) in [5, 5.41) is 0. The van der Waals surface area contributed by atoms with Crippen LogP contribution in [0.3, 0.4) is 0 Å². The standard InChI is InChI=1S/C26H52O6/c1-4-6-8-10-11-13-17-28-19-21-30-23-24-31-22-20-29-18-14-16-26(27)32-25(3)15-12-9-7-5-2/h25H,4-24H2,1-3H3. The fourth-order valence-electron chi connectivity index (χ4n) is 3.27. The van der Waals surface area contributed by atoms with Gasteiger partial charge in [0.15, 0.2) is 0 Å². The van der Waals surface area contributed by atoms with E-state index in [1.807, 2.05) is 6.92 Å². The van der Waals surface area contributed by atoms with Crippen molar-refractivity contribution in [3.05, 3.63) is 0 Å². The molecule has 0 bridgehead atoms. The van der Waals surface area contributed by atoms with Crippen molar-refractivity contribution in [3.63, 3.8) is 0 Å². The van der Waals surface area contributed by atoms with Gasteiger partial charge in [-0.3, -0.25) is 4.79 Å². The lowest BCUT2D eigenvalue weighted by Gasteiger charge is -2.13. The van der Waals surface area contributed by atoms with Crippen LogP contribution in [0.5, 0.6) is 0 Å². The largest absolute Gasteiger partial charge is 0.463 e. The van der Waals surface area contributed by atoms with Crippen LogP contribution in [-0.2, 0) is 28.5 Å². The minimum atomic E-state index is -0.124. The average molecular weight is 461 g/mol. The number of esters is 1. The van der Waals surface area contributed by atoms with Crippen molar-refractivity contribution in [2.24, 2.45) is 0 Å². The Hall–Kier alpha value is -0.690. The van der Waals surface area contributed by atoms with Crippen molar-refractivity contribution in [3.8, 4) is 0 Å². The van der Waals surface area contributed by atoms with E-state index in [4.69, 9.17) is 23.7 Å². The number of rotatable bonds is 26. The predicted molar refractivity (Wildman–Crippen MR) is 130 cm³/mol. The lowest BCUT2D eigenvalue weighted by atomic mass is 10.1. The lowest BCUT2D eigenvalue weighted by molar-refractivity contribution is -0.149. The van der Waals surface area contributed by atoms with Crippen LogP contribution in [-0.4, -0.2) is 64.9 Å². The molecule has 0 fully saturated rings. The minimum absolute atomic E-state index is 0.0165. The Bertz CT molecular complexity index is 377. The fraction of sp³-hybridized carbons (Fsp3) is 0.962. The molecule has 0 radical (unpaired) electrons. The van der Waals surface area contributed by atoms with E-state index in [0.29, 0.717) is 59.1 Å². The molecule has 0 N–H and O–H groups in total. The Morgan fingerprint density at radius 1 is 0.562 bits per heavy atom. The van der Waals surface area contributed by atoms with Crippen molar-refractivity contribution in [2.75, 3.05) is 52.9 Å². The molecule has 0 aromatic rings. The van der Waals surface area contributed by atoms with Crippen LogP contribution in [0.4, 0.5) is 0 Å². The SMILES string of the molecule is CCCCCCCCOCCOCCOCCOCCCC(=O)OC(C)CCCCCC. The molecule has 0 saturated carbocycles. The van der Waals surface area contributed by atoms with E-state index in [0.717, 1.165) is 25.9 Å². The van der Waals surface area contributed by atoms with Gasteiger partial charge in [-0.15, -0.1) is 0 Å². The molecule has 0 aliphatic heterocycles. The maximum Gasteiger partial charge on any atom is 0.306 e. The Balaban J connectivity index is 3.19. The van der Waals surface area contributed by atoms with Gasteiger partial charge < -0.3 is 23.7 Å². The second-order valence-electron chi connectivity index (χ2n) is 8.47. The van der Waals surface area contributed by atoms with Gasteiger partial charge >= 0.3 is 5.97 Å². The lowest BCUT2D eigenvalue weighted by Crippen LogP contribution is -2.15. The fourth-order valence-corrected chi connectivity index (χ4v) is 3.27. The van der Waals surface area contributed by atoms with Crippen molar-refractivity contribution < 1.29 is 28.5 Å². The van der Waals surface area contributed by atoms with Crippen molar-refractivity contribution in [2.45, 2.75) is 110 Å². The molecule has 0 aromatic heterocycles. The van der Waals surface area contributed by atoms with E-state index in [-0.39, 0.29) is 12.1 Å². The quantitative estimate of drug-likeness (QED) is 0.115. The van der Waals surface area contributed by atoms with Crippen molar-refractivity contribution in [1.29, 1.82) is 0 Å². The molecule has 0 aromatic carbocycles. The molecule has 6 nitrogen and oxygen atoms in total. The molecule has 0 spiro atoms. The summed E-state index contributed by atoms with van der Waals surface area (Å²) in [4.78, 5) is 11.8. The smallest absolute Gasteiger partial charge is 0.306 e. The summed E-state index contributed by atoms with van der Waals surface area (Å²) in [6.07, 6.45) is 14.6. The molecule has 1 atom stereocenters. The molecule has 0 saturated heterocycles. The molecule has 1 unspecified atom stereocenters. The van der Waals surface area contributed by atoms with Gasteiger partial charge in [0, 0.05) is 19.6 Å². The van der Waals surface area contributed by atoms with E-state index in [1.54, 1.807) is 0 Å². The highest BCUT2D eigenvalue weighted by Crippen LogP contribution is 2.09. The zero-order valence-electron chi connectivity index (χ0n) is 21.4. The van der Waals surface area contributed by atoms with Crippen LogP contribution >= 0.6 is 0 Å². The number of carbonyl (C=O) groups is 1. The van der Waals surface area contributed by atoms with E-state index in [9.17, 15) is 4.79 Å². The number of ether oxygens (including phenoxy) is 5. The van der Waals surface area contributed by atoms with E-state index < -0.39 is 0 Å². The van der Waals surface area contributed by atoms with Crippen LogP contribution in [0.1, 0.15) is 104 Å². The van der Waals surface area contributed by atoms with E-state index >= 15 is 0 Å². The van der Waals surface area contributed by atoms with Gasteiger partial charge in [0.25, 0.3) is 0 Å². The van der Waals surface area contributed by atoms with Crippen molar-refractivity contribution in [1.82, 2.24) is 0 Å². The average Bonchev–Trinajstić information content (AvgIpc) is 2.78. The predicted octanol–water partition coefficient (Wildman–Crippen LogP) is 6.10. The summed E-state index contributed by atoms with van der Waals surface area (Å²) in [6, 6.07) is 0. The minimum Gasteiger partial charge on any atom is -0.463 e. The molecule has 0 heterocycles. The molecule has 0 aliphatic carbocycles. The summed E-state index contributed by atoms with van der Waals surface area (Å²) in [5.74, 6) is -0.124. The summed E-state index contributed by atoms with van der Waals surface area (Å²) < 4.78 is 27.5. The summed E-state index contributed by atoms with van der Waals surface area (Å²) in [6.45, 7) is 11.3. The molecule has 32 heavy (non-hydrogen) atoms. The zero-order valence-corrected chi connectivity index (χ0v) is 21.4. The first kappa shape index (κ1) is 31.3. The van der Waals surface area contributed by atoms with E-state index in [2.05, 4.69) is 13.8 Å². The number of hydrogen-bond acceptors (Lipinski definition) is 6. The van der Waals surface area contributed by atoms with Crippen LogP contribution in [0, 0.1) is 0 Å². The molecule has 0 amide bonds. The highest BCUT2D eigenvalue weighted by Gasteiger charge is 2.09. The van der Waals surface area contributed by atoms with Crippen LogP contribution in [0.15, 0.2) is 0 Å². The zero-order chi connectivity index (χ0) is 23.5. The van der Waals surface area contributed by atoms with Gasteiger partial charge in [0.05, 0.1) is 45.7 Å². The second-order valence-corrected chi connectivity index (χ2v) is 8.47. The topological polar surface area (TPSA) is 63.2 Å². The normalized spacial score (nSPS) is 12.2. The van der Waals surface area contributed by atoms with Crippen LogP contribution in [0.25, 0.3) is 0 Å². The van der Waals surface area contributed by atoms with Gasteiger partial charge in [-0.1, -0.05) is 65.2 Å². The first-order valence-corrected chi connectivity index (χ1v) is 13.2. The highest BCUT2D eigenvalue weighted by atomic mass is 16.6. The Labute approximate surface area is 198 Å². The second kappa shape index (κ2) is 26.6. The van der Waals surface area contributed by atoms with Crippen LogP contribution in [0.2, 0.25) is 0 Å². The third-order valence-corrected chi connectivity index (χ3v) is 5.22. The molecule has 0 rings (SSSR count). The summed E-state index contributed by atoms with van der Waals surface area (Å²) in [5.41, 5.74) is 0. The molecule has 192 valence electrons. The van der Waals surface area contributed by atoms with Crippen molar-refractivity contribution >= 4 is 5.97 Å². The summed E-state index contributed by atoms with van der Waals surface area (Å²) >= 11 is 0. The van der Waals surface area contributed by atoms with Gasteiger partial charge in [0.2, 0.25) is 0 Å². The highest BCUT2D eigenvalue weighted by molar-refractivity contribution is 5.69. The summed E-state index contributed by atoms with van der Waals surface area (Å²) in [7, 11) is 0. The molecular weight excluding hydrogens is 408 g/mol. The van der Waals surface area contributed by atoms with Gasteiger partial charge in [-0.25, -0.2) is 0 Å². The monoisotopic (exact) mass is 460 g/mol. The third kappa shape index (κ3) is 25.6. The maximum absolute atomic E-state index is 11.8. The number of unbranched alkanes of at least 4 members (excludes halogenated alkanes) is 8. The first-order valence-electron chi connectivity index (χ1n) is 13.2.